The predicted octanol–water partition coefficient (Wildman–Crippen LogP) is 3.34. The minimum Gasteiger partial charge on any atom is -0.328 e. The van der Waals surface area contributed by atoms with Crippen LogP contribution in [0.1, 0.15) is 29.4 Å². The fourth-order valence-electron chi connectivity index (χ4n) is 2.15. The molecule has 2 rings (SSSR count). The van der Waals surface area contributed by atoms with E-state index in [0.717, 1.165) is 34.1 Å². The van der Waals surface area contributed by atoms with Gasteiger partial charge in [-0.15, -0.1) is 0 Å². The molecule has 1 unspecified atom stereocenters. The number of nitrogens with zero attached hydrogens (tertiary/aromatic N) is 2. The normalized spacial score (nSPS) is 12.7. The van der Waals surface area contributed by atoms with Crippen LogP contribution in [0.25, 0.3) is 5.69 Å². The third-order valence-corrected chi connectivity index (χ3v) is 3.83. The number of rotatable bonds is 3. The van der Waals surface area contributed by atoms with Gasteiger partial charge in [-0.3, -0.25) is 0 Å². The fraction of sp³-hybridized carbons (Fsp3) is 0.400. The van der Waals surface area contributed by atoms with E-state index < -0.39 is 0 Å². The van der Waals surface area contributed by atoms with Crippen molar-refractivity contribution >= 4 is 11.6 Å². The van der Waals surface area contributed by atoms with E-state index in [0.29, 0.717) is 0 Å². The van der Waals surface area contributed by atoms with Crippen LogP contribution in [0.5, 0.6) is 0 Å². The SMILES string of the molecule is Cc1nn(-c2ccc(CC(C)N)c(Cl)c2)c(C)c1C. The number of nitrogens with two attached hydrogens (primary N) is 1. The summed E-state index contributed by atoms with van der Waals surface area (Å²) in [5, 5.41) is 5.30. The van der Waals surface area contributed by atoms with Gasteiger partial charge in [0.25, 0.3) is 0 Å². The summed E-state index contributed by atoms with van der Waals surface area (Å²) in [6.45, 7) is 8.15. The molecule has 1 aromatic heterocycles. The van der Waals surface area contributed by atoms with E-state index in [1.54, 1.807) is 0 Å². The number of aromatic nitrogens is 2. The number of aryl methyl sites for hydroxylation is 1. The average Bonchev–Trinajstić information content (AvgIpc) is 2.59. The lowest BCUT2D eigenvalue weighted by Crippen LogP contribution is -2.18. The minimum absolute atomic E-state index is 0.110. The zero-order valence-electron chi connectivity index (χ0n) is 11.9. The van der Waals surface area contributed by atoms with E-state index in [1.807, 2.05) is 36.7 Å². The van der Waals surface area contributed by atoms with Gasteiger partial charge >= 0.3 is 0 Å². The van der Waals surface area contributed by atoms with Crippen molar-refractivity contribution in [3.8, 4) is 5.69 Å². The van der Waals surface area contributed by atoms with Gasteiger partial charge in [0.1, 0.15) is 0 Å². The molecule has 0 bridgehead atoms. The summed E-state index contributed by atoms with van der Waals surface area (Å²) in [4.78, 5) is 0. The Hall–Kier alpha value is -1.32. The van der Waals surface area contributed by atoms with E-state index in [2.05, 4.69) is 18.9 Å². The van der Waals surface area contributed by atoms with Gasteiger partial charge in [0.2, 0.25) is 0 Å². The summed E-state index contributed by atoms with van der Waals surface area (Å²) in [5.41, 5.74) is 11.3. The first-order chi connectivity index (χ1) is 8.90. The van der Waals surface area contributed by atoms with Crippen molar-refractivity contribution in [1.82, 2.24) is 9.78 Å². The highest BCUT2D eigenvalue weighted by atomic mass is 35.5. The average molecular weight is 278 g/mol. The molecule has 0 saturated carbocycles. The molecule has 4 heteroatoms. The first-order valence-corrected chi connectivity index (χ1v) is 6.85. The second-order valence-corrected chi connectivity index (χ2v) is 5.57. The van der Waals surface area contributed by atoms with E-state index >= 15 is 0 Å². The number of hydrogen-bond donors (Lipinski definition) is 1. The standard InChI is InChI=1S/C15H20ClN3/c1-9(17)7-13-5-6-14(8-15(13)16)19-12(4)10(2)11(3)18-19/h5-6,8-9H,7,17H2,1-4H3. The van der Waals surface area contributed by atoms with Crippen molar-refractivity contribution in [2.45, 2.75) is 40.2 Å². The summed E-state index contributed by atoms with van der Waals surface area (Å²) in [6.07, 6.45) is 0.787. The summed E-state index contributed by atoms with van der Waals surface area (Å²) >= 11 is 6.33. The van der Waals surface area contributed by atoms with E-state index in [9.17, 15) is 0 Å². The zero-order valence-corrected chi connectivity index (χ0v) is 12.6. The van der Waals surface area contributed by atoms with Crippen LogP contribution >= 0.6 is 11.6 Å². The monoisotopic (exact) mass is 277 g/mol. The van der Waals surface area contributed by atoms with Crippen molar-refractivity contribution in [3.63, 3.8) is 0 Å². The molecule has 0 fully saturated rings. The van der Waals surface area contributed by atoms with Gasteiger partial charge in [-0.1, -0.05) is 17.7 Å². The first kappa shape index (κ1) is 14.1. The maximum absolute atomic E-state index is 6.33. The highest BCUT2D eigenvalue weighted by Crippen LogP contribution is 2.23. The molecule has 0 saturated heterocycles. The molecule has 1 aromatic carbocycles. The second-order valence-electron chi connectivity index (χ2n) is 5.16. The van der Waals surface area contributed by atoms with Crippen LogP contribution in [0.4, 0.5) is 0 Å². The van der Waals surface area contributed by atoms with E-state index in [-0.39, 0.29) is 6.04 Å². The molecule has 0 amide bonds. The maximum atomic E-state index is 6.33. The predicted molar refractivity (Wildman–Crippen MR) is 80.1 cm³/mol. The molecule has 19 heavy (non-hydrogen) atoms. The van der Waals surface area contributed by atoms with Crippen LogP contribution in [0, 0.1) is 20.8 Å². The third-order valence-electron chi connectivity index (χ3n) is 3.48. The zero-order chi connectivity index (χ0) is 14.2. The van der Waals surface area contributed by atoms with Crippen LogP contribution in [0.3, 0.4) is 0 Å². The van der Waals surface area contributed by atoms with Crippen LogP contribution in [0.2, 0.25) is 5.02 Å². The molecular weight excluding hydrogens is 258 g/mol. The van der Waals surface area contributed by atoms with Gasteiger partial charge in [0, 0.05) is 16.8 Å². The summed E-state index contributed by atoms with van der Waals surface area (Å²) in [6, 6.07) is 6.15. The van der Waals surface area contributed by atoms with E-state index in [4.69, 9.17) is 17.3 Å². The molecule has 2 N–H and O–H groups in total. The van der Waals surface area contributed by atoms with Gasteiger partial charge in [-0.25, -0.2) is 4.68 Å². The van der Waals surface area contributed by atoms with Gasteiger partial charge in [-0.2, -0.15) is 5.10 Å². The van der Waals surface area contributed by atoms with Gasteiger partial charge in [0.15, 0.2) is 0 Å². The van der Waals surface area contributed by atoms with Crippen molar-refractivity contribution < 1.29 is 0 Å². The molecule has 3 nitrogen and oxygen atoms in total. The van der Waals surface area contributed by atoms with Crippen LogP contribution in [-0.4, -0.2) is 15.8 Å². The molecule has 0 spiro atoms. The Morgan fingerprint density at radius 3 is 2.47 bits per heavy atom. The fourth-order valence-corrected chi connectivity index (χ4v) is 2.40. The quantitative estimate of drug-likeness (QED) is 0.935. The molecule has 1 heterocycles. The maximum Gasteiger partial charge on any atom is 0.0663 e. The highest BCUT2D eigenvalue weighted by Gasteiger charge is 2.11. The molecule has 0 radical (unpaired) electrons. The molecule has 1 atom stereocenters. The smallest absolute Gasteiger partial charge is 0.0663 e. The Bertz CT molecular complexity index is 600. The summed E-state index contributed by atoms with van der Waals surface area (Å²) in [5.74, 6) is 0. The Kier molecular flexibility index (Phi) is 3.97. The lowest BCUT2D eigenvalue weighted by atomic mass is 10.1. The molecule has 0 aliphatic rings. The molecule has 102 valence electrons. The Morgan fingerprint density at radius 1 is 1.32 bits per heavy atom. The second kappa shape index (κ2) is 5.35. The lowest BCUT2D eigenvalue weighted by molar-refractivity contribution is 0.737. The molecule has 2 aromatic rings. The van der Waals surface area contributed by atoms with Crippen molar-refractivity contribution in [2.75, 3.05) is 0 Å². The lowest BCUT2D eigenvalue weighted by Gasteiger charge is -2.10. The third kappa shape index (κ3) is 2.82. The van der Waals surface area contributed by atoms with Gasteiger partial charge in [-0.05, 0) is 57.4 Å². The van der Waals surface area contributed by atoms with Crippen molar-refractivity contribution in [1.29, 1.82) is 0 Å². The Morgan fingerprint density at radius 2 is 2.00 bits per heavy atom. The van der Waals surface area contributed by atoms with E-state index in [1.165, 1.54) is 5.56 Å². The Balaban J connectivity index is 2.41. The summed E-state index contributed by atoms with van der Waals surface area (Å²) < 4.78 is 1.94. The van der Waals surface area contributed by atoms with Crippen LogP contribution in [-0.2, 0) is 6.42 Å². The van der Waals surface area contributed by atoms with Crippen LogP contribution < -0.4 is 5.73 Å². The number of halogens is 1. The number of hydrogen-bond acceptors (Lipinski definition) is 2. The van der Waals surface area contributed by atoms with Gasteiger partial charge < -0.3 is 5.73 Å². The topological polar surface area (TPSA) is 43.8 Å². The Labute approximate surface area is 119 Å². The van der Waals surface area contributed by atoms with Crippen molar-refractivity contribution in [2.24, 2.45) is 5.73 Å². The number of benzene rings is 1. The summed E-state index contributed by atoms with van der Waals surface area (Å²) in [7, 11) is 0. The van der Waals surface area contributed by atoms with Crippen molar-refractivity contribution in [3.05, 3.63) is 45.7 Å². The molecular formula is C15H20ClN3. The molecule has 0 aliphatic carbocycles. The largest absolute Gasteiger partial charge is 0.328 e. The van der Waals surface area contributed by atoms with Crippen LogP contribution in [0.15, 0.2) is 18.2 Å². The van der Waals surface area contributed by atoms with Gasteiger partial charge in [0.05, 0.1) is 11.4 Å². The highest BCUT2D eigenvalue weighted by molar-refractivity contribution is 6.31. The molecule has 0 aliphatic heterocycles. The first-order valence-electron chi connectivity index (χ1n) is 6.47. The minimum atomic E-state index is 0.110.